The fourth-order valence-electron chi connectivity index (χ4n) is 2.09. The van der Waals surface area contributed by atoms with Crippen LogP contribution in [0, 0.1) is 6.92 Å². The molecule has 2 aromatic rings. The Kier molecular flexibility index (Phi) is 4.76. The summed E-state index contributed by atoms with van der Waals surface area (Å²) in [7, 11) is -2.30. The molecule has 0 aliphatic rings. The number of aryl methyl sites for hydroxylation is 1. The van der Waals surface area contributed by atoms with Gasteiger partial charge in [0, 0.05) is 0 Å². The second-order valence-corrected chi connectivity index (χ2v) is 6.94. The van der Waals surface area contributed by atoms with Crippen molar-refractivity contribution in [1.82, 2.24) is 0 Å². The van der Waals surface area contributed by atoms with Gasteiger partial charge in [-0.15, -0.1) is 0 Å². The molecule has 0 aliphatic heterocycles. The summed E-state index contributed by atoms with van der Waals surface area (Å²) in [5.41, 5.74) is 1.87. The van der Waals surface area contributed by atoms with Crippen LogP contribution >= 0.6 is 0 Å². The molecule has 118 valence electrons. The van der Waals surface area contributed by atoms with Crippen LogP contribution in [0.1, 0.15) is 30.9 Å². The lowest BCUT2D eigenvalue weighted by molar-refractivity contribution is 0.411. The molecule has 5 heteroatoms. The lowest BCUT2D eigenvalue weighted by atomic mass is 10.0. The highest BCUT2D eigenvalue weighted by Gasteiger charge is 2.18. The fourth-order valence-corrected chi connectivity index (χ4v) is 3.11. The van der Waals surface area contributed by atoms with E-state index in [0.29, 0.717) is 17.4 Å². The highest BCUT2D eigenvalue weighted by Crippen LogP contribution is 2.25. The van der Waals surface area contributed by atoms with E-state index in [2.05, 4.69) is 13.8 Å². The maximum absolute atomic E-state index is 12.3. The molecule has 0 unspecified atom stereocenters. The van der Waals surface area contributed by atoms with Gasteiger partial charge in [0.25, 0.3) is 0 Å². The van der Waals surface area contributed by atoms with Crippen molar-refractivity contribution in [2.24, 2.45) is 0 Å². The number of rotatable bonds is 5. The third-order valence-electron chi connectivity index (χ3n) is 3.41. The van der Waals surface area contributed by atoms with Crippen molar-refractivity contribution in [3.05, 3.63) is 53.6 Å². The zero-order valence-electron chi connectivity index (χ0n) is 13.2. The van der Waals surface area contributed by atoms with Crippen LogP contribution in [0.2, 0.25) is 0 Å². The molecule has 0 saturated heterocycles. The van der Waals surface area contributed by atoms with Crippen LogP contribution in [0.5, 0.6) is 11.5 Å². The standard InChI is InChI=1S/C17H20O4S/c1-12(2)14-5-7-15(8-6-14)21-22(18,19)16-9-10-17(20-4)13(3)11-16/h5-12H,1-4H3. The molecule has 0 atom stereocenters. The van der Waals surface area contributed by atoms with Gasteiger partial charge in [0.2, 0.25) is 0 Å². The van der Waals surface area contributed by atoms with E-state index in [9.17, 15) is 8.42 Å². The Morgan fingerprint density at radius 3 is 2.14 bits per heavy atom. The molecule has 0 aliphatic carbocycles. The minimum absolute atomic E-state index is 0.110. The van der Waals surface area contributed by atoms with E-state index < -0.39 is 10.1 Å². The van der Waals surface area contributed by atoms with Crippen LogP contribution in [0.4, 0.5) is 0 Å². The zero-order valence-corrected chi connectivity index (χ0v) is 14.0. The molecule has 0 fully saturated rings. The second kappa shape index (κ2) is 6.40. The quantitative estimate of drug-likeness (QED) is 0.784. The summed E-state index contributed by atoms with van der Waals surface area (Å²) in [5, 5.41) is 0. The predicted molar refractivity (Wildman–Crippen MR) is 86.1 cm³/mol. The van der Waals surface area contributed by atoms with Crippen LogP contribution < -0.4 is 8.92 Å². The van der Waals surface area contributed by atoms with Gasteiger partial charge >= 0.3 is 10.1 Å². The average Bonchev–Trinajstić information content (AvgIpc) is 2.47. The third-order valence-corrected chi connectivity index (χ3v) is 4.65. The molecule has 2 rings (SSSR count). The first-order chi connectivity index (χ1) is 10.3. The van der Waals surface area contributed by atoms with Crippen LogP contribution in [0.15, 0.2) is 47.4 Å². The number of benzene rings is 2. The van der Waals surface area contributed by atoms with Crippen LogP contribution in [-0.2, 0) is 10.1 Å². The van der Waals surface area contributed by atoms with Gasteiger partial charge in [-0.1, -0.05) is 26.0 Å². The van der Waals surface area contributed by atoms with Gasteiger partial charge < -0.3 is 8.92 Å². The van der Waals surface area contributed by atoms with E-state index in [4.69, 9.17) is 8.92 Å². The molecule has 0 heterocycles. The van der Waals surface area contributed by atoms with E-state index in [-0.39, 0.29) is 4.90 Å². The van der Waals surface area contributed by atoms with Crippen molar-refractivity contribution in [2.45, 2.75) is 31.6 Å². The third kappa shape index (κ3) is 3.60. The first kappa shape index (κ1) is 16.4. The maximum atomic E-state index is 12.3. The topological polar surface area (TPSA) is 52.6 Å². The van der Waals surface area contributed by atoms with Crippen molar-refractivity contribution >= 4 is 10.1 Å². The Labute approximate surface area is 131 Å². The van der Waals surface area contributed by atoms with Gasteiger partial charge in [-0.2, -0.15) is 8.42 Å². The van der Waals surface area contributed by atoms with Crippen LogP contribution in [0.25, 0.3) is 0 Å². The Morgan fingerprint density at radius 1 is 1.00 bits per heavy atom. The zero-order chi connectivity index (χ0) is 16.3. The molecule has 22 heavy (non-hydrogen) atoms. The lowest BCUT2D eigenvalue weighted by Gasteiger charge is -2.11. The highest BCUT2D eigenvalue weighted by atomic mass is 32.2. The summed E-state index contributed by atoms with van der Waals surface area (Å²) < 4.78 is 34.9. The lowest BCUT2D eigenvalue weighted by Crippen LogP contribution is -2.10. The Hall–Kier alpha value is -2.01. The number of hydrogen-bond donors (Lipinski definition) is 0. The van der Waals surface area contributed by atoms with E-state index in [0.717, 1.165) is 11.1 Å². The normalized spacial score (nSPS) is 11.5. The number of ether oxygens (including phenoxy) is 1. The van der Waals surface area contributed by atoms with Gasteiger partial charge in [0.1, 0.15) is 16.4 Å². The van der Waals surface area contributed by atoms with E-state index in [1.165, 1.54) is 12.1 Å². The monoisotopic (exact) mass is 320 g/mol. The van der Waals surface area contributed by atoms with Crippen molar-refractivity contribution in [2.75, 3.05) is 7.11 Å². The van der Waals surface area contributed by atoms with Gasteiger partial charge in [-0.05, 0) is 54.3 Å². The van der Waals surface area contributed by atoms with Crippen molar-refractivity contribution in [1.29, 1.82) is 0 Å². The Balaban J connectivity index is 2.25. The summed E-state index contributed by atoms with van der Waals surface area (Å²) in [6.07, 6.45) is 0. The Bertz CT molecular complexity index is 747. The van der Waals surface area contributed by atoms with Crippen molar-refractivity contribution < 1.29 is 17.3 Å². The molecule has 0 saturated carbocycles. The molecule has 0 aromatic heterocycles. The minimum atomic E-state index is -3.85. The summed E-state index contributed by atoms with van der Waals surface area (Å²) >= 11 is 0. The van der Waals surface area contributed by atoms with Gasteiger partial charge in [-0.25, -0.2) is 0 Å². The number of methoxy groups -OCH3 is 1. The number of hydrogen-bond acceptors (Lipinski definition) is 4. The van der Waals surface area contributed by atoms with Gasteiger partial charge in [0.05, 0.1) is 7.11 Å². The maximum Gasteiger partial charge on any atom is 0.339 e. The fraction of sp³-hybridized carbons (Fsp3) is 0.294. The Morgan fingerprint density at radius 2 is 1.64 bits per heavy atom. The first-order valence-electron chi connectivity index (χ1n) is 7.02. The van der Waals surface area contributed by atoms with E-state index in [1.807, 2.05) is 12.1 Å². The highest BCUT2D eigenvalue weighted by molar-refractivity contribution is 7.87. The molecule has 0 amide bonds. The summed E-state index contributed by atoms with van der Waals surface area (Å²) in [5.74, 6) is 1.33. The molecular weight excluding hydrogens is 300 g/mol. The van der Waals surface area contributed by atoms with E-state index >= 15 is 0 Å². The van der Waals surface area contributed by atoms with Gasteiger partial charge in [-0.3, -0.25) is 0 Å². The molecule has 0 radical (unpaired) electrons. The van der Waals surface area contributed by atoms with Crippen LogP contribution in [0.3, 0.4) is 0 Å². The smallest absolute Gasteiger partial charge is 0.339 e. The molecule has 0 bridgehead atoms. The van der Waals surface area contributed by atoms with E-state index in [1.54, 1.807) is 32.2 Å². The molecular formula is C17H20O4S. The van der Waals surface area contributed by atoms with Gasteiger partial charge in [0.15, 0.2) is 0 Å². The summed E-state index contributed by atoms with van der Waals surface area (Å²) in [4.78, 5) is 0.110. The SMILES string of the molecule is COc1ccc(S(=O)(=O)Oc2ccc(C(C)C)cc2)cc1C. The minimum Gasteiger partial charge on any atom is -0.496 e. The predicted octanol–water partition coefficient (Wildman–Crippen LogP) is 3.89. The molecule has 2 aromatic carbocycles. The van der Waals surface area contributed by atoms with Crippen LogP contribution in [-0.4, -0.2) is 15.5 Å². The second-order valence-electron chi connectivity index (χ2n) is 5.39. The average molecular weight is 320 g/mol. The van der Waals surface area contributed by atoms with Crippen molar-refractivity contribution in [3.63, 3.8) is 0 Å². The molecule has 4 nitrogen and oxygen atoms in total. The summed E-state index contributed by atoms with van der Waals surface area (Å²) in [6, 6.07) is 11.7. The summed E-state index contributed by atoms with van der Waals surface area (Å²) in [6.45, 7) is 5.94. The van der Waals surface area contributed by atoms with Crippen molar-refractivity contribution in [3.8, 4) is 11.5 Å². The first-order valence-corrected chi connectivity index (χ1v) is 8.43. The molecule has 0 N–H and O–H groups in total. The largest absolute Gasteiger partial charge is 0.496 e. The molecule has 0 spiro atoms.